The van der Waals surface area contributed by atoms with Crippen molar-refractivity contribution in [2.24, 2.45) is 5.73 Å². The number of benzene rings is 1. The minimum atomic E-state index is -0.602. The van der Waals surface area contributed by atoms with Crippen LogP contribution >= 0.6 is 0 Å². The van der Waals surface area contributed by atoms with Gasteiger partial charge in [-0.05, 0) is 13.0 Å². The normalized spacial score (nSPS) is 12.6. The van der Waals surface area contributed by atoms with Crippen LogP contribution in [0.15, 0.2) is 18.2 Å². The van der Waals surface area contributed by atoms with E-state index in [4.69, 9.17) is 10.5 Å². The molecule has 0 aliphatic heterocycles. The first-order valence-electron chi connectivity index (χ1n) is 4.39. The number of halogens is 2. The molecule has 14 heavy (non-hydrogen) atoms. The number of nitrogens with two attached hydrogens (primary N) is 1. The minimum absolute atomic E-state index is 0.0802. The van der Waals surface area contributed by atoms with E-state index in [0.717, 1.165) is 0 Å². The lowest BCUT2D eigenvalue weighted by Crippen LogP contribution is -2.09. The molecule has 0 fully saturated rings. The molecule has 78 valence electrons. The molecule has 1 aromatic carbocycles. The van der Waals surface area contributed by atoms with Gasteiger partial charge in [0.2, 0.25) is 0 Å². The summed E-state index contributed by atoms with van der Waals surface area (Å²) in [6.45, 7) is 1.08. The highest BCUT2D eigenvalue weighted by Crippen LogP contribution is 2.24. The third kappa shape index (κ3) is 2.67. The molecular weight excluding hydrogens is 188 g/mol. The van der Waals surface area contributed by atoms with Crippen molar-refractivity contribution >= 4 is 0 Å². The van der Waals surface area contributed by atoms with E-state index in [1.54, 1.807) is 13.0 Å². The van der Waals surface area contributed by atoms with Gasteiger partial charge in [0.05, 0.1) is 0 Å². The Bertz CT molecular complexity index is 302. The Morgan fingerprint density at radius 3 is 2.79 bits per heavy atom. The van der Waals surface area contributed by atoms with Crippen molar-refractivity contribution in [3.8, 4) is 5.75 Å². The first-order chi connectivity index (χ1) is 6.65. The highest BCUT2D eigenvalue weighted by atomic mass is 19.1. The van der Waals surface area contributed by atoms with Gasteiger partial charge in [-0.3, -0.25) is 0 Å². The molecule has 1 unspecified atom stereocenters. The van der Waals surface area contributed by atoms with Crippen LogP contribution in [-0.4, -0.2) is 13.3 Å². The molecule has 0 aromatic heterocycles. The average Bonchev–Trinajstić information content (AvgIpc) is 2.14. The summed E-state index contributed by atoms with van der Waals surface area (Å²) < 4.78 is 29.7. The van der Waals surface area contributed by atoms with Crippen molar-refractivity contribution in [3.05, 3.63) is 29.6 Å². The lowest BCUT2D eigenvalue weighted by atomic mass is 10.1. The summed E-state index contributed by atoms with van der Waals surface area (Å²) in [7, 11) is 0. The molecule has 0 aliphatic carbocycles. The van der Waals surface area contributed by atoms with E-state index in [9.17, 15) is 8.78 Å². The van der Waals surface area contributed by atoms with Gasteiger partial charge in [0.15, 0.2) is 0 Å². The van der Waals surface area contributed by atoms with E-state index in [1.807, 2.05) is 0 Å². The fraction of sp³-hybridized carbons (Fsp3) is 0.400. The Morgan fingerprint density at radius 1 is 1.50 bits per heavy atom. The van der Waals surface area contributed by atoms with Gasteiger partial charge in [-0.1, -0.05) is 6.07 Å². The summed E-state index contributed by atoms with van der Waals surface area (Å²) in [4.78, 5) is 0. The predicted octanol–water partition coefficient (Wildman–Crippen LogP) is 2.19. The van der Waals surface area contributed by atoms with Crippen LogP contribution < -0.4 is 10.5 Å². The Morgan fingerprint density at radius 2 is 2.21 bits per heavy atom. The highest BCUT2D eigenvalue weighted by molar-refractivity contribution is 5.36. The fourth-order valence-corrected chi connectivity index (χ4v) is 1.16. The molecule has 1 atom stereocenters. The maximum atomic E-state index is 12.8. The molecule has 0 saturated heterocycles. The van der Waals surface area contributed by atoms with Crippen molar-refractivity contribution in [2.75, 3.05) is 13.3 Å². The van der Waals surface area contributed by atoms with Crippen LogP contribution in [0.1, 0.15) is 18.5 Å². The monoisotopic (exact) mass is 201 g/mol. The van der Waals surface area contributed by atoms with E-state index in [0.29, 0.717) is 11.3 Å². The average molecular weight is 201 g/mol. The second kappa shape index (κ2) is 4.91. The van der Waals surface area contributed by atoms with Crippen LogP contribution in [0.3, 0.4) is 0 Å². The molecule has 0 heterocycles. The second-order valence-electron chi connectivity index (χ2n) is 3.01. The second-order valence-corrected chi connectivity index (χ2v) is 3.01. The lowest BCUT2D eigenvalue weighted by Gasteiger charge is -2.12. The first kappa shape index (κ1) is 10.9. The van der Waals surface area contributed by atoms with Crippen LogP contribution in [0, 0.1) is 5.82 Å². The summed E-state index contributed by atoms with van der Waals surface area (Å²) >= 11 is 0. The number of ether oxygens (including phenoxy) is 1. The quantitative estimate of drug-likeness (QED) is 0.810. The van der Waals surface area contributed by atoms with Crippen LogP contribution in [0.25, 0.3) is 0 Å². The molecule has 0 saturated carbocycles. The molecular formula is C10H13F2NO. The predicted molar refractivity (Wildman–Crippen MR) is 50.5 cm³/mol. The number of hydrogen-bond donors (Lipinski definition) is 1. The van der Waals surface area contributed by atoms with Crippen molar-refractivity contribution in [3.63, 3.8) is 0 Å². The number of alkyl halides is 1. The van der Waals surface area contributed by atoms with E-state index < -0.39 is 12.5 Å². The summed E-state index contributed by atoms with van der Waals surface area (Å²) in [5.41, 5.74) is 6.32. The molecule has 1 rings (SSSR count). The summed E-state index contributed by atoms with van der Waals surface area (Å²) in [5, 5.41) is 0. The topological polar surface area (TPSA) is 35.2 Å². The number of rotatable bonds is 4. The maximum absolute atomic E-state index is 12.8. The van der Waals surface area contributed by atoms with Crippen LogP contribution in [-0.2, 0) is 0 Å². The van der Waals surface area contributed by atoms with Crippen LogP contribution in [0.2, 0.25) is 0 Å². The number of hydrogen-bond acceptors (Lipinski definition) is 2. The van der Waals surface area contributed by atoms with Crippen molar-refractivity contribution in [1.29, 1.82) is 0 Å². The van der Waals surface area contributed by atoms with Crippen molar-refractivity contribution < 1.29 is 13.5 Å². The third-order valence-corrected chi connectivity index (χ3v) is 1.80. The molecule has 0 amide bonds. The van der Waals surface area contributed by atoms with E-state index >= 15 is 0 Å². The summed E-state index contributed by atoms with van der Waals surface area (Å²) in [5.74, 6) is -0.0964. The molecule has 0 radical (unpaired) electrons. The van der Waals surface area contributed by atoms with Gasteiger partial charge < -0.3 is 10.5 Å². The van der Waals surface area contributed by atoms with Crippen molar-refractivity contribution in [1.82, 2.24) is 0 Å². The van der Waals surface area contributed by atoms with E-state index in [2.05, 4.69) is 0 Å². The van der Waals surface area contributed by atoms with Gasteiger partial charge in [0.25, 0.3) is 0 Å². The molecule has 0 aliphatic rings. The van der Waals surface area contributed by atoms with Gasteiger partial charge in [-0.2, -0.15) is 0 Å². The lowest BCUT2D eigenvalue weighted by molar-refractivity contribution is 0.269. The highest BCUT2D eigenvalue weighted by Gasteiger charge is 2.08. The zero-order valence-electron chi connectivity index (χ0n) is 7.97. The van der Waals surface area contributed by atoms with Crippen molar-refractivity contribution in [2.45, 2.75) is 13.0 Å². The van der Waals surface area contributed by atoms with Gasteiger partial charge >= 0.3 is 0 Å². The Labute approximate surface area is 81.7 Å². The van der Waals surface area contributed by atoms with Gasteiger partial charge in [0, 0.05) is 17.7 Å². The Balaban J connectivity index is 2.91. The molecule has 1 aromatic rings. The minimum Gasteiger partial charge on any atom is -0.490 e. The SMILES string of the molecule is CC(N)c1ccc(F)cc1OCCF. The molecule has 2 nitrogen and oxygen atoms in total. The van der Waals surface area contributed by atoms with Crippen LogP contribution in [0.4, 0.5) is 8.78 Å². The molecule has 0 bridgehead atoms. The van der Waals surface area contributed by atoms with Gasteiger partial charge in [-0.25, -0.2) is 8.78 Å². The Hall–Kier alpha value is -1.16. The molecule has 2 N–H and O–H groups in total. The van der Waals surface area contributed by atoms with E-state index in [1.165, 1.54) is 12.1 Å². The summed E-state index contributed by atoms with van der Waals surface area (Å²) in [6.07, 6.45) is 0. The molecule has 0 spiro atoms. The standard InChI is InChI=1S/C10H13F2NO/c1-7(13)9-3-2-8(12)6-10(9)14-5-4-11/h2-3,6-7H,4-5,13H2,1H3. The largest absolute Gasteiger partial charge is 0.490 e. The summed E-state index contributed by atoms with van der Waals surface area (Å²) in [6, 6.07) is 3.81. The van der Waals surface area contributed by atoms with E-state index in [-0.39, 0.29) is 12.6 Å². The zero-order chi connectivity index (χ0) is 10.6. The third-order valence-electron chi connectivity index (χ3n) is 1.80. The Kier molecular flexibility index (Phi) is 3.83. The fourth-order valence-electron chi connectivity index (χ4n) is 1.16. The first-order valence-corrected chi connectivity index (χ1v) is 4.39. The smallest absolute Gasteiger partial charge is 0.127 e. The molecule has 4 heteroatoms. The maximum Gasteiger partial charge on any atom is 0.127 e. The van der Waals surface area contributed by atoms with Crippen LogP contribution in [0.5, 0.6) is 5.75 Å². The zero-order valence-corrected chi connectivity index (χ0v) is 7.97. The van der Waals surface area contributed by atoms with Gasteiger partial charge in [-0.15, -0.1) is 0 Å². The van der Waals surface area contributed by atoms with Gasteiger partial charge in [0.1, 0.15) is 24.8 Å².